The standard InChI is InChI=1S/C14H22IN3O2S/c1-4-6-16-14-11(15)12(9(2)3)17-13(18-14)10-5-7-21(19,20)8-10/h9-10H,4-8H2,1-3H3,(H,16,17,18). The van der Waals surface area contributed by atoms with Crippen LogP contribution < -0.4 is 5.32 Å². The van der Waals surface area contributed by atoms with Crippen molar-refractivity contribution in [3.63, 3.8) is 0 Å². The zero-order chi connectivity index (χ0) is 15.6. The van der Waals surface area contributed by atoms with E-state index in [-0.39, 0.29) is 17.4 Å². The van der Waals surface area contributed by atoms with E-state index in [1.165, 1.54) is 0 Å². The molecule has 2 rings (SSSR count). The number of halogens is 1. The molecule has 1 atom stereocenters. The molecule has 0 spiro atoms. The smallest absolute Gasteiger partial charge is 0.151 e. The summed E-state index contributed by atoms with van der Waals surface area (Å²) in [7, 11) is -2.92. The molecule has 1 aliphatic rings. The molecule has 1 aromatic rings. The number of hydrogen-bond donors (Lipinski definition) is 1. The molecule has 5 nitrogen and oxygen atoms in total. The van der Waals surface area contributed by atoms with Gasteiger partial charge in [-0.1, -0.05) is 20.8 Å². The normalized spacial score (nSPS) is 20.9. The quantitative estimate of drug-likeness (QED) is 0.738. The highest BCUT2D eigenvalue weighted by molar-refractivity contribution is 14.1. The first-order chi connectivity index (χ1) is 9.84. The summed E-state index contributed by atoms with van der Waals surface area (Å²) >= 11 is 2.28. The van der Waals surface area contributed by atoms with E-state index in [0.29, 0.717) is 18.2 Å². The summed E-state index contributed by atoms with van der Waals surface area (Å²) in [5.41, 5.74) is 1.00. The molecule has 7 heteroatoms. The fourth-order valence-corrected chi connectivity index (χ4v) is 5.20. The Bertz CT molecular complexity index is 617. The highest BCUT2D eigenvalue weighted by Gasteiger charge is 2.32. The van der Waals surface area contributed by atoms with Crippen LogP contribution in [0.3, 0.4) is 0 Å². The third kappa shape index (κ3) is 4.06. The van der Waals surface area contributed by atoms with Crippen LogP contribution in [-0.4, -0.2) is 36.4 Å². The molecule has 1 N–H and O–H groups in total. The van der Waals surface area contributed by atoms with E-state index in [2.05, 4.69) is 58.6 Å². The second-order valence-electron chi connectivity index (χ2n) is 5.81. The molecule has 2 heterocycles. The van der Waals surface area contributed by atoms with E-state index < -0.39 is 9.84 Å². The Morgan fingerprint density at radius 1 is 1.38 bits per heavy atom. The Hall–Kier alpha value is -0.440. The van der Waals surface area contributed by atoms with Crippen molar-refractivity contribution in [3.05, 3.63) is 15.1 Å². The average Bonchev–Trinajstić information content (AvgIpc) is 2.77. The second kappa shape index (κ2) is 6.76. The number of nitrogens with zero attached hydrogens (tertiary/aromatic N) is 2. The van der Waals surface area contributed by atoms with Crippen molar-refractivity contribution < 1.29 is 8.42 Å². The predicted molar refractivity (Wildman–Crippen MR) is 93.6 cm³/mol. The molecule has 0 radical (unpaired) electrons. The number of nitrogens with one attached hydrogen (secondary N) is 1. The maximum Gasteiger partial charge on any atom is 0.151 e. The van der Waals surface area contributed by atoms with Gasteiger partial charge in [0.1, 0.15) is 11.6 Å². The van der Waals surface area contributed by atoms with Crippen LogP contribution in [0.2, 0.25) is 0 Å². The largest absolute Gasteiger partial charge is 0.369 e. The molecule has 1 fully saturated rings. The molecule has 0 saturated carbocycles. The first-order valence-electron chi connectivity index (χ1n) is 7.35. The highest BCUT2D eigenvalue weighted by atomic mass is 127. The molecular weight excluding hydrogens is 401 g/mol. The SMILES string of the molecule is CCCNc1nc(C2CCS(=O)(=O)C2)nc(C(C)C)c1I. The number of hydrogen-bond acceptors (Lipinski definition) is 5. The Labute approximate surface area is 140 Å². The van der Waals surface area contributed by atoms with Gasteiger partial charge in [0.15, 0.2) is 9.84 Å². The lowest BCUT2D eigenvalue weighted by Crippen LogP contribution is -2.14. The first-order valence-corrected chi connectivity index (χ1v) is 10.3. The zero-order valence-electron chi connectivity index (χ0n) is 12.7. The van der Waals surface area contributed by atoms with Crippen molar-refractivity contribution in [1.29, 1.82) is 0 Å². The van der Waals surface area contributed by atoms with Crippen LogP contribution in [0.25, 0.3) is 0 Å². The van der Waals surface area contributed by atoms with Gasteiger partial charge in [-0.05, 0) is 41.4 Å². The lowest BCUT2D eigenvalue weighted by Gasteiger charge is -2.16. The summed E-state index contributed by atoms with van der Waals surface area (Å²) in [5, 5.41) is 3.33. The van der Waals surface area contributed by atoms with Crippen LogP contribution >= 0.6 is 22.6 Å². The van der Waals surface area contributed by atoms with E-state index in [4.69, 9.17) is 0 Å². The van der Waals surface area contributed by atoms with Crippen LogP contribution in [0, 0.1) is 3.57 Å². The Morgan fingerprint density at radius 2 is 2.10 bits per heavy atom. The van der Waals surface area contributed by atoms with Gasteiger partial charge in [0, 0.05) is 12.5 Å². The first kappa shape index (κ1) is 16.9. The van der Waals surface area contributed by atoms with Crippen LogP contribution in [0.15, 0.2) is 0 Å². The molecule has 0 amide bonds. The predicted octanol–water partition coefficient (Wildman–Crippen LogP) is 2.93. The minimum absolute atomic E-state index is 0.0633. The van der Waals surface area contributed by atoms with Gasteiger partial charge in [0.2, 0.25) is 0 Å². The summed E-state index contributed by atoms with van der Waals surface area (Å²) in [4.78, 5) is 9.27. The van der Waals surface area contributed by atoms with Crippen LogP contribution in [-0.2, 0) is 9.84 Å². The summed E-state index contributed by atoms with van der Waals surface area (Å²) < 4.78 is 24.4. The van der Waals surface area contributed by atoms with Gasteiger partial charge in [-0.2, -0.15) is 0 Å². The van der Waals surface area contributed by atoms with Crippen molar-refractivity contribution in [2.45, 2.75) is 45.4 Å². The number of sulfone groups is 1. The highest BCUT2D eigenvalue weighted by Crippen LogP contribution is 2.31. The maximum absolute atomic E-state index is 11.7. The number of aromatic nitrogens is 2. The van der Waals surface area contributed by atoms with E-state index in [1.54, 1.807) is 0 Å². The summed E-state index contributed by atoms with van der Waals surface area (Å²) in [6.07, 6.45) is 1.65. The molecule has 1 saturated heterocycles. The molecule has 1 unspecified atom stereocenters. The molecule has 0 aliphatic carbocycles. The number of rotatable bonds is 5. The van der Waals surface area contributed by atoms with Crippen molar-refractivity contribution in [1.82, 2.24) is 9.97 Å². The van der Waals surface area contributed by atoms with Crippen molar-refractivity contribution in [2.75, 3.05) is 23.4 Å². The summed E-state index contributed by atoms with van der Waals surface area (Å²) in [6, 6.07) is 0. The van der Waals surface area contributed by atoms with E-state index in [0.717, 1.165) is 28.0 Å². The van der Waals surface area contributed by atoms with Crippen LogP contribution in [0.1, 0.15) is 57.0 Å². The van der Waals surface area contributed by atoms with Gasteiger partial charge in [0.25, 0.3) is 0 Å². The Kier molecular flexibility index (Phi) is 5.45. The molecule has 1 aliphatic heterocycles. The Morgan fingerprint density at radius 3 is 2.62 bits per heavy atom. The van der Waals surface area contributed by atoms with Crippen LogP contribution in [0.4, 0.5) is 5.82 Å². The monoisotopic (exact) mass is 423 g/mol. The second-order valence-corrected chi connectivity index (χ2v) is 9.12. The van der Waals surface area contributed by atoms with E-state index in [9.17, 15) is 8.42 Å². The fourth-order valence-electron chi connectivity index (χ4n) is 2.41. The van der Waals surface area contributed by atoms with E-state index in [1.807, 2.05) is 0 Å². The van der Waals surface area contributed by atoms with Gasteiger partial charge in [-0.15, -0.1) is 0 Å². The molecule has 0 bridgehead atoms. The maximum atomic E-state index is 11.7. The van der Waals surface area contributed by atoms with Crippen molar-refractivity contribution in [3.8, 4) is 0 Å². The zero-order valence-corrected chi connectivity index (χ0v) is 15.7. The molecule has 21 heavy (non-hydrogen) atoms. The molecular formula is C14H22IN3O2S. The minimum Gasteiger partial charge on any atom is -0.369 e. The van der Waals surface area contributed by atoms with Gasteiger partial charge in [-0.3, -0.25) is 0 Å². The van der Waals surface area contributed by atoms with Gasteiger partial charge in [-0.25, -0.2) is 18.4 Å². The van der Waals surface area contributed by atoms with Crippen molar-refractivity contribution in [2.24, 2.45) is 0 Å². The van der Waals surface area contributed by atoms with Crippen molar-refractivity contribution >= 4 is 38.2 Å². The van der Waals surface area contributed by atoms with Gasteiger partial charge < -0.3 is 5.32 Å². The van der Waals surface area contributed by atoms with Gasteiger partial charge in [0.05, 0.1) is 20.8 Å². The molecule has 1 aromatic heterocycles. The Balaban J connectivity index is 2.39. The third-order valence-electron chi connectivity index (χ3n) is 3.58. The summed E-state index contributed by atoms with van der Waals surface area (Å²) in [5.74, 6) is 2.18. The topological polar surface area (TPSA) is 72.0 Å². The van der Waals surface area contributed by atoms with Crippen LogP contribution in [0.5, 0.6) is 0 Å². The fraction of sp³-hybridized carbons (Fsp3) is 0.714. The van der Waals surface area contributed by atoms with Gasteiger partial charge >= 0.3 is 0 Å². The summed E-state index contributed by atoms with van der Waals surface area (Å²) in [6.45, 7) is 7.16. The molecule has 118 valence electrons. The average molecular weight is 423 g/mol. The number of anilines is 1. The minimum atomic E-state index is -2.92. The van der Waals surface area contributed by atoms with E-state index >= 15 is 0 Å². The third-order valence-corrected chi connectivity index (χ3v) is 6.41. The lowest BCUT2D eigenvalue weighted by atomic mass is 10.1. The molecule has 0 aromatic carbocycles. The lowest BCUT2D eigenvalue weighted by molar-refractivity contribution is 0.601.